The number of fused-ring (bicyclic) bond motifs is 1. The molecular formula is C23H25N5O2S. The SMILES string of the molecule is CC(O)N(CCNC(=O)c1sccc1Nc1ccnc2[nH]ccc12)Cc1ccccc1. The molecule has 160 valence electrons. The van der Waals surface area contributed by atoms with Gasteiger partial charge in [-0.1, -0.05) is 30.3 Å². The molecule has 0 radical (unpaired) electrons. The van der Waals surface area contributed by atoms with Crippen LogP contribution in [0.4, 0.5) is 11.4 Å². The Morgan fingerprint density at radius 2 is 2.03 bits per heavy atom. The fourth-order valence-corrected chi connectivity index (χ4v) is 4.17. The van der Waals surface area contributed by atoms with Gasteiger partial charge in [0.25, 0.3) is 5.91 Å². The van der Waals surface area contributed by atoms with Crippen molar-refractivity contribution in [3.8, 4) is 0 Å². The minimum absolute atomic E-state index is 0.137. The van der Waals surface area contributed by atoms with Crippen molar-refractivity contribution in [2.45, 2.75) is 19.7 Å². The summed E-state index contributed by atoms with van der Waals surface area (Å²) in [6, 6.07) is 15.7. The fraction of sp³-hybridized carbons (Fsp3) is 0.217. The summed E-state index contributed by atoms with van der Waals surface area (Å²) in [6.07, 6.45) is 2.96. The molecular weight excluding hydrogens is 410 g/mol. The zero-order valence-electron chi connectivity index (χ0n) is 17.2. The van der Waals surface area contributed by atoms with Gasteiger partial charge >= 0.3 is 0 Å². The average molecular weight is 436 g/mol. The molecule has 3 heterocycles. The van der Waals surface area contributed by atoms with E-state index >= 15 is 0 Å². The van der Waals surface area contributed by atoms with E-state index < -0.39 is 6.23 Å². The van der Waals surface area contributed by atoms with E-state index in [1.54, 1.807) is 13.1 Å². The van der Waals surface area contributed by atoms with Crippen LogP contribution in [0.3, 0.4) is 0 Å². The first kappa shape index (κ1) is 21.0. The van der Waals surface area contributed by atoms with E-state index in [4.69, 9.17) is 0 Å². The Hall–Kier alpha value is -3.20. The van der Waals surface area contributed by atoms with Crippen molar-refractivity contribution in [2.24, 2.45) is 0 Å². The molecule has 31 heavy (non-hydrogen) atoms. The maximum atomic E-state index is 12.8. The Bertz CT molecular complexity index is 1140. The quantitative estimate of drug-likeness (QED) is 0.299. The number of thiophene rings is 1. The number of hydrogen-bond acceptors (Lipinski definition) is 6. The van der Waals surface area contributed by atoms with Gasteiger partial charge in [-0.25, -0.2) is 4.98 Å². The highest BCUT2D eigenvalue weighted by Gasteiger charge is 2.16. The van der Waals surface area contributed by atoms with E-state index in [1.807, 2.05) is 65.0 Å². The molecule has 0 fully saturated rings. The minimum Gasteiger partial charge on any atom is -0.379 e. The summed E-state index contributed by atoms with van der Waals surface area (Å²) >= 11 is 1.39. The van der Waals surface area contributed by atoms with Crippen LogP contribution >= 0.6 is 11.3 Å². The Morgan fingerprint density at radius 3 is 2.84 bits per heavy atom. The molecule has 3 aromatic heterocycles. The zero-order valence-corrected chi connectivity index (χ0v) is 18.0. The maximum absolute atomic E-state index is 12.8. The number of aromatic nitrogens is 2. The first-order valence-corrected chi connectivity index (χ1v) is 11.0. The molecule has 4 rings (SSSR count). The number of aliphatic hydroxyl groups excluding tert-OH is 1. The number of carbonyl (C=O) groups excluding carboxylic acids is 1. The molecule has 1 aromatic carbocycles. The number of carbonyl (C=O) groups is 1. The highest BCUT2D eigenvalue weighted by atomic mass is 32.1. The van der Waals surface area contributed by atoms with E-state index in [-0.39, 0.29) is 5.91 Å². The lowest BCUT2D eigenvalue weighted by Gasteiger charge is -2.25. The predicted octanol–water partition coefficient (Wildman–Crippen LogP) is 3.94. The molecule has 0 aliphatic carbocycles. The van der Waals surface area contributed by atoms with Crippen molar-refractivity contribution in [2.75, 3.05) is 18.4 Å². The highest BCUT2D eigenvalue weighted by Crippen LogP contribution is 2.29. The van der Waals surface area contributed by atoms with Crippen molar-refractivity contribution in [1.29, 1.82) is 0 Å². The number of amides is 1. The van der Waals surface area contributed by atoms with Crippen LogP contribution in [0.5, 0.6) is 0 Å². The van der Waals surface area contributed by atoms with Gasteiger partial charge in [-0.15, -0.1) is 11.3 Å². The monoisotopic (exact) mass is 435 g/mol. The van der Waals surface area contributed by atoms with Gasteiger partial charge in [0.1, 0.15) is 16.8 Å². The molecule has 1 atom stereocenters. The minimum atomic E-state index is -0.605. The third-order valence-electron chi connectivity index (χ3n) is 5.04. The first-order valence-electron chi connectivity index (χ1n) is 10.1. The van der Waals surface area contributed by atoms with Crippen LogP contribution in [-0.4, -0.2) is 45.2 Å². The van der Waals surface area contributed by atoms with E-state index in [2.05, 4.69) is 20.6 Å². The number of aliphatic hydroxyl groups is 1. The summed E-state index contributed by atoms with van der Waals surface area (Å²) in [5, 5.41) is 19.3. The Morgan fingerprint density at radius 1 is 1.19 bits per heavy atom. The number of nitrogens with one attached hydrogen (secondary N) is 3. The summed E-state index contributed by atoms with van der Waals surface area (Å²) in [5.74, 6) is -0.137. The molecule has 4 N–H and O–H groups in total. The topological polar surface area (TPSA) is 93.3 Å². The Balaban J connectivity index is 1.37. The summed E-state index contributed by atoms with van der Waals surface area (Å²) in [7, 11) is 0. The zero-order chi connectivity index (χ0) is 21.6. The van der Waals surface area contributed by atoms with E-state index in [0.29, 0.717) is 24.5 Å². The Kier molecular flexibility index (Phi) is 6.61. The number of H-pyrrole nitrogens is 1. The second-order valence-electron chi connectivity index (χ2n) is 7.23. The number of benzene rings is 1. The highest BCUT2D eigenvalue weighted by molar-refractivity contribution is 7.12. The van der Waals surface area contributed by atoms with Gasteiger partial charge in [0, 0.05) is 37.4 Å². The third kappa shape index (κ3) is 5.11. The number of rotatable bonds is 9. The summed E-state index contributed by atoms with van der Waals surface area (Å²) in [4.78, 5) is 22.7. The molecule has 0 aliphatic heterocycles. The number of pyridine rings is 1. The van der Waals surface area contributed by atoms with Gasteiger partial charge in [0.2, 0.25) is 0 Å². The standard InChI is InChI=1S/C23H25N5O2S/c1-16(29)28(15-17-5-3-2-4-6-17)13-12-26-23(30)21-20(9-14-31-21)27-19-8-11-25-22-18(19)7-10-24-22/h2-11,14,16,29H,12-13,15H2,1H3,(H,26,30)(H2,24,25,27). The number of nitrogens with zero attached hydrogens (tertiary/aromatic N) is 2. The Labute approximate surface area is 184 Å². The van der Waals surface area contributed by atoms with E-state index in [1.165, 1.54) is 11.3 Å². The van der Waals surface area contributed by atoms with E-state index in [0.717, 1.165) is 28.0 Å². The molecule has 0 bridgehead atoms. The number of anilines is 2. The van der Waals surface area contributed by atoms with Crippen molar-refractivity contribution >= 4 is 39.7 Å². The molecule has 1 unspecified atom stereocenters. The normalized spacial score (nSPS) is 12.2. The van der Waals surface area contributed by atoms with Crippen molar-refractivity contribution in [3.63, 3.8) is 0 Å². The second kappa shape index (κ2) is 9.74. The van der Waals surface area contributed by atoms with Crippen LogP contribution in [0.1, 0.15) is 22.2 Å². The fourth-order valence-electron chi connectivity index (χ4n) is 3.41. The van der Waals surface area contributed by atoms with Crippen molar-refractivity contribution in [1.82, 2.24) is 20.2 Å². The van der Waals surface area contributed by atoms with Crippen molar-refractivity contribution < 1.29 is 9.90 Å². The van der Waals surface area contributed by atoms with Crippen LogP contribution < -0.4 is 10.6 Å². The smallest absolute Gasteiger partial charge is 0.263 e. The average Bonchev–Trinajstić information content (AvgIpc) is 3.43. The summed E-state index contributed by atoms with van der Waals surface area (Å²) in [6.45, 7) is 3.34. The van der Waals surface area contributed by atoms with Gasteiger partial charge in [-0.2, -0.15) is 0 Å². The van der Waals surface area contributed by atoms with Gasteiger partial charge in [-0.05, 0) is 36.1 Å². The number of hydrogen-bond donors (Lipinski definition) is 4. The molecule has 0 aliphatic rings. The number of aromatic amines is 1. The van der Waals surface area contributed by atoms with Crippen LogP contribution in [0, 0.1) is 0 Å². The lowest BCUT2D eigenvalue weighted by atomic mass is 10.2. The molecule has 8 heteroatoms. The molecule has 0 spiro atoms. The predicted molar refractivity (Wildman–Crippen MR) is 125 cm³/mol. The van der Waals surface area contributed by atoms with Gasteiger partial charge < -0.3 is 20.7 Å². The summed E-state index contributed by atoms with van der Waals surface area (Å²) < 4.78 is 0. The van der Waals surface area contributed by atoms with Crippen LogP contribution in [0.15, 0.2) is 66.3 Å². The maximum Gasteiger partial charge on any atom is 0.263 e. The molecule has 4 aromatic rings. The lowest BCUT2D eigenvalue weighted by Crippen LogP contribution is -2.39. The van der Waals surface area contributed by atoms with Gasteiger partial charge in [0.05, 0.1) is 11.4 Å². The first-order chi connectivity index (χ1) is 15.1. The van der Waals surface area contributed by atoms with E-state index in [9.17, 15) is 9.90 Å². The van der Waals surface area contributed by atoms with Gasteiger partial charge in [-0.3, -0.25) is 9.69 Å². The second-order valence-corrected chi connectivity index (χ2v) is 8.15. The molecule has 7 nitrogen and oxygen atoms in total. The third-order valence-corrected chi connectivity index (χ3v) is 5.96. The van der Waals surface area contributed by atoms with Crippen LogP contribution in [0.2, 0.25) is 0 Å². The van der Waals surface area contributed by atoms with Crippen LogP contribution in [0.25, 0.3) is 11.0 Å². The van der Waals surface area contributed by atoms with Crippen molar-refractivity contribution in [3.05, 3.63) is 76.7 Å². The van der Waals surface area contributed by atoms with Gasteiger partial charge in [0.15, 0.2) is 0 Å². The molecule has 0 saturated carbocycles. The lowest BCUT2D eigenvalue weighted by molar-refractivity contribution is 0.0134. The largest absolute Gasteiger partial charge is 0.379 e. The summed E-state index contributed by atoms with van der Waals surface area (Å²) in [5.41, 5.74) is 3.56. The molecule has 0 saturated heterocycles. The van der Waals surface area contributed by atoms with Crippen LogP contribution in [-0.2, 0) is 6.54 Å². The molecule has 1 amide bonds.